The lowest BCUT2D eigenvalue weighted by Crippen LogP contribution is -2.29. The molecule has 1 unspecified atom stereocenters. The number of rotatable bonds is 3. The molecule has 1 fully saturated rings. The number of pyridine rings is 1. The average molecular weight is 448 g/mol. The van der Waals surface area contributed by atoms with Gasteiger partial charge in [-0.15, -0.1) is 0 Å². The third-order valence-corrected chi connectivity index (χ3v) is 6.46. The SMILES string of the molecule is O=C1C(=O)N(c2cccc3ccccc23)C(c2ccncc2)/C1=C(\O)c1ccc2c(c1)CCO2. The van der Waals surface area contributed by atoms with Gasteiger partial charge in [-0.3, -0.25) is 19.5 Å². The van der Waals surface area contributed by atoms with Crippen molar-refractivity contribution in [3.8, 4) is 5.75 Å². The lowest BCUT2D eigenvalue weighted by molar-refractivity contribution is -0.132. The molecule has 2 aliphatic heterocycles. The smallest absolute Gasteiger partial charge is 0.300 e. The highest BCUT2D eigenvalue weighted by Gasteiger charge is 2.47. The van der Waals surface area contributed by atoms with Crippen LogP contribution in [0.15, 0.2) is 90.8 Å². The molecule has 3 heterocycles. The molecule has 1 saturated heterocycles. The summed E-state index contributed by atoms with van der Waals surface area (Å²) in [6.07, 6.45) is 3.96. The Morgan fingerprint density at radius 3 is 2.62 bits per heavy atom. The number of carbonyl (C=O) groups is 2. The number of anilines is 1. The van der Waals surface area contributed by atoms with Gasteiger partial charge < -0.3 is 9.84 Å². The summed E-state index contributed by atoms with van der Waals surface area (Å²) < 4.78 is 5.57. The van der Waals surface area contributed by atoms with Crippen LogP contribution in [0.1, 0.15) is 22.7 Å². The molecule has 2 aliphatic rings. The van der Waals surface area contributed by atoms with Crippen LogP contribution >= 0.6 is 0 Å². The molecular weight excluding hydrogens is 428 g/mol. The Labute approximate surface area is 195 Å². The van der Waals surface area contributed by atoms with E-state index < -0.39 is 17.7 Å². The largest absolute Gasteiger partial charge is 0.507 e. The fraction of sp³-hybridized carbons (Fsp3) is 0.107. The van der Waals surface area contributed by atoms with Crippen molar-refractivity contribution in [2.24, 2.45) is 0 Å². The predicted octanol–water partition coefficient (Wildman–Crippen LogP) is 4.80. The molecule has 0 spiro atoms. The Kier molecular flexibility index (Phi) is 4.66. The first-order chi connectivity index (χ1) is 16.6. The van der Waals surface area contributed by atoms with Crippen molar-refractivity contribution in [1.29, 1.82) is 0 Å². The van der Waals surface area contributed by atoms with Gasteiger partial charge in [-0.2, -0.15) is 0 Å². The van der Waals surface area contributed by atoms with Gasteiger partial charge in [-0.05, 0) is 52.9 Å². The molecule has 0 radical (unpaired) electrons. The number of ether oxygens (including phenoxy) is 1. The summed E-state index contributed by atoms with van der Waals surface area (Å²) in [7, 11) is 0. The van der Waals surface area contributed by atoms with Gasteiger partial charge in [0.05, 0.1) is 23.9 Å². The summed E-state index contributed by atoms with van der Waals surface area (Å²) in [6, 6.07) is 21.4. The first kappa shape index (κ1) is 20.2. The first-order valence-corrected chi connectivity index (χ1v) is 11.1. The quantitative estimate of drug-likeness (QED) is 0.277. The van der Waals surface area contributed by atoms with E-state index >= 15 is 0 Å². The number of Topliss-reactive ketones (excluding diaryl/α,β-unsaturated/α-hetero) is 1. The molecule has 1 N–H and O–H groups in total. The zero-order valence-electron chi connectivity index (χ0n) is 18.1. The molecule has 3 aromatic carbocycles. The number of hydrogen-bond acceptors (Lipinski definition) is 5. The second-order valence-electron chi connectivity index (χ2n) is 8.37. The highest BCUT2D eigenvalue weighted by atomic mass is 16.5. The Hall–Kier alpha value is -4.45. The summed E-state index contributed by atoms with van der Waals surface area (Å²) in [5.41, 5.74) is 2.81. The van der Waals surface area contributed by atoms with Crippen molar-refractivity contribution in [2.45, 2.75) is 12.5 Å². The second kappa shape index (κ2) is 7.85. The summed E-state index contributed by atoms with van der Waals surface area (Å²) in [4.78, 5) is 32.4. The van der Waals surface area contributed by atoms with E-state index in [1.165, 1.54) is 4.90 Å². The lowest BCUT2D eigenvalue weighted by Gasteiger charge is -2.26. The Morgan fingerprint density at radius 2 is 1.76 bits per heavy atom. The van der Waals surface area contributed by atoms with Crippen LogP contribution in [-0.4, -0.2) is 28.4 Å². The average Bonchev–Trinajstić information content (AvgIpc) is 3.46. The summed E-state index contributed by atoms with van der Waals surface area (Å²) in [5, 5.41) is 13.2. The minimum Gasteiger partial charge on any atom is -0.507 e. The minimum atomic E-state index is -0.793. The maximum Gasteiger partial charge on any atom is 0.300 e. The normalized spacial score (nSPS) is 18.8. The van der Waals surface area contributed by atoms with Gasteiger partial charge in [-0.25, -0.2) is 0 Å². The van der Waals surface area contributed by atoms with E-state index in [0.29, 0.717) is 23.4 Å². The molecular formula is C28H20N2O4. The van der Waals surface area contributed by atoms with Crippen LogP contribution in [0, 0.1) is 0 Å². The van der Waals surface area contributed by atoms with E-state index in [1.807, 2.05) is 48.5 Å². The third-order valence-electron chi connectivity index (χ3n) is 6.46. The fourth-order valence-corrected chi connectivity index (χ4v) is 4.85. The zero-order valence-corrected chi connectivity index (χ0v) is 18.1. The van der Waals surface area contributed by atoms with Crippen LogP contribution in [0.25, 0.3) is 16.5 Å². The summed E-state index contributed by atoms with van der Waals surface area (Å²) in [5.74, 6) is -0.816. The molecule has 6 nitrogen and oxygen atoms in total. The maximum absolute atomic E-state index is 13.5. The van der Waals surface area contributed by atoms with Crippen LogP contribution in [0.4, 0.5) is 5.69 Å². The molecule has 34 heavy (non-hydrogen) atoms. The number of fused-ring (bicyclic) bond motifs is 2. The number of aliphatic hydroxyl groups excluding tert-OH is 1. The van der Waals surface area contributed by atoms with E-state index in [-0.39, 0.29) is 11.3 Å². The number of carbonyl (C=O) groups excluding carboxylic acids is 2. The first-order valence-electron chi connectivity index (χ1n) is 11.1. The summed E-state index contributed by atoms with van der Waals surface area (Å²) in [6.45, 7) is 0.585. The van der Waals surface area contributed by atoms with Gasteiger partial charge in [0, 0.05) is 29.8 Å². The van der Waals surface area contributed by atoms with Gasteiger partial charge in [0.2, 0.25) is 0 Å². The van der Waals surface area contributed by atoms with E-state index in [4.69, 9.17) is 4.74 Å². The molecule has 6 heteroatoms. The van der Waals surface area contributed by atoms with Gasteiger partial charge in [-0.1, -0.05) is 36.4 Å². The van der Waals surface area contributed by atoms with Gasteiger partial charge in [0.15, 0.2) is 0 Å². The van der Waals surface area contributed by atoms with Gasteiger partial charge in [0.1, 0.15) is 11.5 Å². The van der Waals surface area contributed by atoms with Crippen molar-refractivity contribution in [2.75, 3.05) is 11.5 Å². The van der Waals surface area contributed by atoms with E-state index in [2.05, 4.69) is 4.98 Å². The number of ketones is 1. The van der Waals surface area contributed by atoms with E-state index in [1.54, 1.807) is 36.7 Å². The van der Waals surface area contributed by atoms with Crippen molar-refractivity contribution in [3.05, 3.63) is 107 Å². The third kappa shape index (κ3) is 3.07. The molecule has 0 saturated carbocycles. The van der Waals surface area contributed by atoms with Crippen LogP contribution in [-0.2, 0) is 16.0 Å². The van der Waals surface area contributed by atoms with Crippen molar-refractivity contribution in [3.63, 3.8) is 0 Å². The fourth-order valence-electron chi connectivity index (χ4n) is 4.85. The topological polar surface area (TPSA) is 79.7 Å². The number of hydrogen-bond donors (Lipinski definition) is 1. The molecule has 6 rings (SSSR count). The standard InChI is InChI=1S/C28H20N2O4/c31-26(20-8-9-23-19(16-20)12-15-34-23)24-25(18-10-13-29-14-11-18)30(28(33)27(24)32)22-7-3-5-17-4-1-2-6-21(17)22/h1-11,13-14,16,25,31H,12,15H2/b26-24+. The molecule has 0 bridgehead atoms. The van der Waals surface area contributed by atoms with Crippen molar-refractivity contribution < 1.29 is 19.4 Å². The number of nitrogens with zero attached hydrogens (tertiary/aromatic N) is 2. The van der Waals surface area contributed by atoms with Gasteiger partial charge >= 0.3 is 0 Å². The van der Waals surface area contributed by atoms with Crippen LogP contribution < -0.4 is 9.64 Å². The molecule has 4 aromatic rings. The zero-order chi connectivity index (χ0) is 23.2. The van der Waals surface area contributed by atoms with E-state index in [0.717, 1.165) is 28.5 Å². The molecule has 166 valence electrons. The number of amides is 1. The van der Waals surface area contributed by atoms with Crippen LogP contribution in [0.2, 0.25) is 0 Å². The Balaban J connectivity index is 1.58. The lowest BCUT2D eigenvalue weighted by atomic mass is 9.94. The Bertz CT molecular complexity index is 1490. The highest BCUT2D eigenvalue weighted by molar-refractivity contribution is 6.52. The molecule has 1 atom stereocenters. The maximum atomic E-state index is 13.5. The second-order valence-corrected chi connectivity index (χ2v) is 8.37. The van der Waals surface area contributed by atoms with Crippen molar-refractivity contribution >= 4 is 33.9 Å². The van der Waals surface area contributed by atoms with Crippen LogP contribution in [0.3, 0.4) is 0 Å². The number of aromatic nitrogens is 1. The minimum absolute atomic E-state index is 0.0583. The predicted molar refractivity (Wildman–Crippen MR) is 129 cm³/mol. The molecule has 1 aromatic heterocycles. The van der Waals surface area contributed by atoms with E-state index in [9.17, 15) is 14.7 Å². The van der Waals surface area contributed by atoms with Gasteiger partial charge in [0.25, 0.3) is 11.7 Å². The van der Waals surface area contributed by atoms with Crippen molar-refractivity contribution in [1.82, 2.24) is 4.98 Å². The highest BCUT2D eigenvalue weighted by Crippen LogP contribution is 2.44. The Morgan fingerprint density at radius 1 is 0.971 bits per heavy atom. The summed E-state index contributed by atoms with van der Waals surface area (Å²) >= 11 is 0. The molecule has 1 amide bonds. The number of benzene rings is 3. The molecule has 0 aliphatic carbocycles. The van der Waals surface area contributed by atoms with Crippen LogP contribution in [0.5, 0.6) is 5.75 Å². The monoisotopic (exact) mass is 448 g/mol. The number of aliphatic hydroxyl groups is 1.